The molecule has 1 aliphatic carbocycles. The van der Waals surface area contributed by atoms with Crippen LogP contribution < -0.4 is 0 Å². The second-order valence-electron chi connectivity index (χ2n) is 3.04. The zero-order valence-electron chi connectivity index (χ0n) is 6.79. The quantitative estimate of drug-likeness (QED) is 0.448. The van der Waals surface area contributed by atoms with Gasteiger partial charge in [-0.3, -0.25) is 9.59 Å². The van der Waals surface area contributed by atoms with Crippen LogP contribution in [0.4, 0.5) is 0 Å². The first-order valence-electron chi connectivity index (χ1n) is 3.74. The first kappa shape index (κ1) is 8.24. The Labute approximate surface area is 65.7 Å². The Balaban J connectivity index is 2.27. The number of Topliss-reactive ketones (excluding diaryl/α,β-unsaturated/α-hetero) is 1. The number of ketones is 1. The van der Waals surface area contributed by atoms with Gasteiger partial charge in [0.15, 0.2) is 0 Å². The van der Waals surface area contributed by atoms with Crippen LogP contribution in [0.25, 0.3) is 0 Å². The molecule has 1 rings (SSSR count). The number of rotatable bonds is 3. The number of ether oxygens (including phenoxy) is 1. The highest BCUT2D eigenvalue weighted by Crippen LogP contribution is 2.39. The van der Waals surface area contributed by atoms with Crippen LogP contribution >= 0.6 is 0 Å². The molecule has 1 saturated carbocycles. The molecule has 1 aliphatic rings. The molecular weight excluding hydrogens is 144 g/mol. The van der Waals surface area contributed by atoms with Crippen molar-refractivity contribution in [2.75, 3.05) is 7.11 Å². The molecular formula is C8H12O3. The average Bonchev–Trinajstić information content (AvgIpc) is 2.66. The van der Waals surface area contributed by atoms with Crippen molar-refractivity contribution < 1.29 is 14.3 Å². The predicted molar refractivity (Wildman–Crippen MR) is 38.9 cm³/mol. The molecule has 62 valence electrons. The lowest BCUT2D eigenvalue weighted by molar-refractivity contribution is -0.143. The van der Waals surface area contributed by atoms with Crippen LogP contribution in [-0.4, -0.2) is 18.9 Å². The molecule has 0 aromatic carbocycles. The van der Waals surface area contributed by atoms with Crippen LogP contribution in [0.2, 0.25) is 0 Å². The minimum Gasteiger partial charge on any atom is -0.469 e. The normalized spacial score (nSPS) is 27.8. The summed E-state index contributed by atoms with van der Waals surface area (Å²) in [7, 11) is 1.30. The van der Waals surface area contributed by atoms with Crippen LogP contribution in [0.15, 0.2) is 0 Å². The molecule has 0 unspecified atom stereocenters. The standard InChI is InChI=1S/C8H12O3/c1-5-3-6(5)7(9)4-8(10)11-2/h5-6H,3-4H2,1-2H3/t5-,6-/m1/s1. The molecule has 0 saturated heterocycles. The third-order valence-corrected chi connectivity index (χ3v) is 2.07. The predicted octanol–water partition coefficient (Wildman–Crippen LogP) is 0.775. The molecule has 0 aliphatic heterocycles. The van der Waals surface area contributed by atoms with Gasteiger partial charge in [-0.15, -0.1) is 0 Å². The van der Waals surface area contributed by atoms with Gasteiger partial charge in [0.2, 0.25) is 0 Å². The van der Waals surface area contributed by atoms with E-state index in [0.717, 1.165) is 6.42 Å². The molecule has 1 fully saturated rings. The summed E-state index contributed by atoms with van der Waals surface area (Å²) in [5.74, 6) is 0.222. The number of carbonyl (C=O) groups excluding carboxylic acids is 2. The Morgan fingerprint density at radius 1 is 1.55 bits per heavy atom. The van der Waals surface area contributed by atoms with Gasteiger partial charge in [-0.1, -0.05) is 6.92 Å². The van der Waals surface area contributed by atoms with Gasteiger partial charge in [-0.05, 0) is 12.3 Å². The van der Waals surface area contributed by atoms with E-state index < -0.39 is 5.97 Å². The molecule has 11 heavy (non-hydrogen) atoms. The van der Waals surface area contributed by atoms with Crippen LogP contribution in [0.3, 0.4) is 0 Å². The lowest BCUT2D eigenvalue weighted by atomic mass is 10.2. The fourth-order valence-electron chi connectivity index (χ4n) is 1.12. The molecule has 3 heteroatoms. The highest BCUT2D eigenvalue weighted by Gasteiger charge is 2.39. The van der Waals surface area contributed by atoms with E-state index in [1.165, 1.54) is 7.11 Å². The summed E-state index contributed by atoms with van der Waals surface area (Å²) < 4.78 is 4.37. The molecule has 0 heterocycles. The van der Waals surface area contributed by atoms with E-state index in [-0.39, 0.29) is 18.1 Å². The van der Waals surface area contributed by atoms with Gasteiger partial charge < -0.3 is 4.74 Å². The summed E-state index contributed by atoms with van der Waals surface area (Å²) in [4.78, 5) is 21.7. The summed E-state index contributed by atoms with van der Waals surface area (Å²) in [5.41, 5.74) is 0. The van der Waals surface area contributed by atoms with Crippen LogP contribution in [0.1, 0.15) is 19.8 Å². The van der Waals surface area contributed by atoms with E-state index in [2.05, 4.69) is 4.74 Å². The van der Waals surface area contributed by atoms with Crippen molar-refractivity contribution in [3.63, 3.8) is 0 Å². The Bertz CT molecular complexity index is 186. The number of methoxy groups -OCH3 is 1. The minimum atomic E-state index is -0.422. The maximum absolute atomic E-state index is 11.1. The molecule has 0 bridgehead atoms. The van der Waals surface area contributed by atoms with Crippen LogP contribution in [0, 0.1) is 11.8 Å². The molecule has 3 nitrogen and oxygen atoms in total. The summed E-state index contributed by atoms with van der Waals surface area (Å²) in [6.45, 7) is 2.01. The Kier molecular flexibility index (Phi) is 2.27. The molecule has 0 N–H and O–H groups in total. The smallest absolute Gasteiger partial charge is 0.313 e. The third kappa shape index (κ3) is 2.03. The first-order valence-corrected chi connectivity index (χ1v) is 3.74. The number of carbonyl (C=O) groups is 2. The van der Waals surface area contributed by atoms with Gasteiger partial charge in [0.05, 0.1) is 7.11 Å². The van der Waals surface area contributed by atoms with Gasteiger partial charge in [0, 0.05) is 5.92 Å². The minimum absolute atomic E-state index is 0.0318. The lowest BCUT2D eigenvalue weighted by Gasteiger charge is -1.96. The van der Waals surface area contributed by atoms with Gasteiger partial charge in [0.1, 0.15) is 12.2 Å². The fraction of sp³-hybridized carbons (Fsp3) is 0.750. The van der Waals surface area contributed by atoms with Crippen LogP contribution in [0.5, 0.6) is 0 Å². The topological polar surface area (TPSA) is 43.4 Å². The zero-order chi connectivity index (χ0) is 8.43. The van der Waals surface area contributed by atoms with E-state index in [1.807, 2.05) is 6.92 Å². The van der Waals surface area contributed by atoms with E-state index in [1.54, 1.807) is 0 Å². The summed E-state index contributed by atoms with van der Waals surface area (Å²) in [5, 5.41) is 0. The van der Waals surface area contributed by atoms with Crippen molar-refractivity contribution in [2.45, 2.75) is 19.8 Å². The lowest BCUT2D eigenvalue weighted by Crippen LogP contribution is -2.11. The highest BCUT2D eigenvalue weighted by molar-refractivity contribution is 5.98. The van der Waals surface area contributed by atoms with Crippen molar-refractivity contribution in [3.8, 4) is 0 Å². The van der Waals surface area contributed by atoms with Gasteiger partial charge in [0.25, 0.3) is 0 Å². The number of hydrogen-bond donors (Lipinski definition) is 0. The molecule has 0 spiro atoms. The second-order valence-corrected chi connectivity index (χ2v) is 3.04. The molecule has 0 amide bonds. The Morgan fingerprint density at radius 2 is 2.09 bits per heavy atom. The molecule has 2 atom stereocenters. The first-order chi connectivity index (χ1) is 5.15. The van der Waals surface area contributed by atoms with Crippen molar-refractivity contribution >= 4 is 11.8 Å². The maximum Gasteiger partial charge on any atom is 0.313 e. The monoisotopic (exact) mass is 156 g/mol. The van der Waals surface area contributed by atoms with Crippen LogP contribution in [-0.2, 0) is 14.3 Å². The molecule has 0 aromatic heterocycles. The Morgan fingerprint density at radius 3 is 2.45 bits per heavy atom. The van der Waals surface area contributed by atoms with Crippen molar-refractivity contribution in [1.29, 1.82) is 0 Å². The van der Waals surface area contributed by atoms with E-state index in [0.29, 0.717) is 5.92 Å². The largest absolute Gasteiger partial charge is 0.469 e. The summed E-state index contributed by atoms with van der Waals surface area (Å²) >= 11 is 0. The van der Waals surface area contributed by atoms with E-state index in [9.17, 15) is 9.59 Å². The van der Waals surface area contributed by atoms with Crippen molar-refractivity contribution in [1.82, 2.24) is 0 Å². The van der Waals surface area contributed by atoms with E-state index in [4.69, 9.17) is 0 Å². The highest BCUT2D eigenvalue weighted by atomic mass is 16.5. The fourth-order valence-corrected chi connectivity index (χ4v) is 1.12. The second kappa shape index (κ2) is 3.03. The average molecular weight is 156 g/mol. The number of esters is 1. The Hall–Kier alpha value is -0.860. The van der Waals surface area contributed by atoms with Crippen molar-refractivity contribution in [3.05, 3.63) is 0 Å². The third-order valence-electron chi connectivity index (χ3n) is 2.07. The van der Waals surface area contributed by atoms with Crippen molar-refractivity contribution in [2.24, 2.45) is 11.8 Å². The van der Waals surface area contributed by atoms with Gasteiger partial charge in [-0.25, -0.2) is 0 Å². The van der Waals surface area contributed by atoms with Gasteiger partial charge in [-0.2, -0.15) is 0 Å². The summed E-state index contributed by atoms with van der Waals surface area (Å²) in [6.07, 6.45) is 0.890. The zero-order valence-corrected chi connectivity index (χ0v) is 6.79. The molecule has 0 radical (unpaired) electrons. The van der Waals surface area contributed by atoms with E-state index >= 15 is 0 Å². The molecule has 0 aromatic rings. The number of hydrogen-bond acceptors (Lipinski definition) is 3. The summed E-state index contributed by atoms with van der Waals surface area (Å²) in [6, 6.07) is 0. The SMILES string of the molecule is COC(=O)CC(=O)[C@@H]1C[C@H]1C. The maximum atomic E-state index is 11.1. The van der Waals surface area contributed by atoms with Gasteiger partial charge >= 0.3 is 5.97 Å².